The molecule has 66 heavy (non-hydrogen) atoms. The Bertz CT molecular complexity index is 2990. The van der Waals surface area contributed by atoms with Gasteiger partial charge in [-0.15, -0.1) is 0 Å². The average Bonchev–Trinajstić information content (AvgIpc) is 3.37. The molecule has 0 aliphatic heterocycles. The van der Waals surface area contributed by atoms with Gasteiger partial charge in [-0.25, -0.2) is 4.85 Å². The first-order valence-electron chi connectivity index (χ1n) is 23.3. The van der Waals surface area contributed by atoms with Gasteiger partial charge in [-0.1, -0.05) is 132 Å². The summed E-state index contributed by atoms with van der Waals surface area (Å²) in [7, 11) is 0. The molecule has 4 nitrogen and oxygen atoms in total. The Balaban J connectivity index is 0.905. The summed E-state index contributed by atoms with van der Waals surface area (Å²) in [6.45, 7) is 12.5. The molecule has 0 N–H and O–H groups in total. The van der Waals surface area contributed by atoms with E-state index in [4.69, 9.17) is 6.57 Å². The molecule has 8 aromatic carbocycles. The Kier molecular flexibility index (Phi) is 11.9. The third-order valence-electron chi connectivity index (χ3n) is 13.5. The van der Waals surface area contributed by atoms with Gasteiger partial charge < -0.3 is 9.80 Å². The first-order chi connectivity index (χ1) is 32.4. The van der Waals surface area contributed by atoms with Gasteiger partial charge in [-0.2, -0.15) is 5.26 Å². The Hall–Kier alpha value is -7.92. The van der Waals surface area contributed by atoms with E-state index < -0.39 is 0 Å². The molecule has 0 radical (unpaired) electrons. The number of aryl methyl sites for hydroxylation is 4. The van der Waals surface area contributed by atoms with E-state index in [0.29, 0.717) is 11.3 Å². The number of nitrogens with zero attached hydrogens (tertiary/aromatic N) is 4. The lowest BCUT2D eigenvalue weighted by Gasteiger charge is -2.30. The molecule has 0 saturated heterocycles. The van der Waals surface area contributed by atoms with Gasteiger partial charge in [0, 0.05) is 34.1 Å². The summed E-state index contributed by atoms with van der Waals surface area (Å²) in [5, 5.41) is 12.1. The second kappa shape index (κ2) is 18.7. The smallest absolute Gasteiger partial charge is 0.202 e. The van der Waals surface area contributed by atoms with E-state index in [1.807, 2.05) is 36.4 Å². The summed E-state index contributed by atoms with van der Waals surface area (Å²) < 4.78 is 0. The Morgan fingerprint density at radius 2 is 0.894 bits per heavy atom. The first-order valence-corrected chi connectivity index (χ1v) is 23.3. The molecular weight excluding hydrogens is 801 g/mol. The van der Waals surface area contributed by atoms with Crippen LogP contribution in [0.25, 0.3) is 39.9 Å². The second-order valence-corrected chi connectivity index (χ2v) is 17.8. The minimum atomic E-state index is 0.542. The molecule has 0 atom stereocenters. The first kappa shape index (κ1) is 42.1. The zero-order chi connectivity index (χ0) is 45.0. The maximum absolute atomic E-state index is 10.5. The monoisotopic (exact) mass is 852 g/mol. The molecule has 0 amide bonds. The molecule has 4 heteroatoms. The van der Waals surface area contributed by atoms with E-state index in [-0.39, 0.29) is 0 Å². The third kappa shape index (κ3) is 8.43. The van der Waals surface area contributed by atoms with Gasteiger partial charge in [0.1, 0.15) is 6.07 Å². The lowest BCUT2D eigenvalue weighted by Crippen LogP contribution is -2.15. The highest BCUT2D eigenvalue weighted by Gasteiger charge is 2.22. The van der Waals surface area contributed by atoms with Crippen molar-refractivity contribution in [2.45, 2.75) is 65.2 Å². The van der Waals surface area contributed by atoms with Crippen LogP contribution < -0.4 is 9.80 Å². The maximum atomic E-state index is 10.5. The van der Waals surface area contributed by atoms with E-state index in [1.54, 1.807) is 0 Å². The molecule has 320 valence electrons. The van der Waals surface area contributed by atoms with Gasteiger partial charge in [-0.3, -0.25) is 0 Å². The molecule has 0 fully saturated rings. The summed E-state index contributed by atoms with van der Waals surface area (Å²) in [6, 6.07) is 58.8. The topological polar surface area (TPSA) is 34.6 Å². The van der Waals surface area contributed by atoms with Gasteiger partial charge in [0.15, 0.2) is 0 Å². The third-order valence-corrected chi connectivity index (χ3v) is 13.5. The Labute approximate surface area is 389 Å². The molecule has 2 aliphatic carbocycles. The molecule has 8 aromatic rings. The van der Waals surface area contributed by atoms with Gasteiger partial charge in [-0.05, 0) is 181 Å². The lowest BCUT2D eigenvalue weighted by atomic mass is 9.90. The highest BCUT2D eigenvalue weighted by molar-refractivity contribution is 6.03. The SMILES string of the molecule is [C-]#[N+]c1c(C=Cc2ccc(N(c3ccc(C)cc3)c3cccc4c3CCCC4)cc2)ccc2c(C#N)c(C=Cc3ccc(N(c4ccc(C)cc4)c4cccc5c4CCCC5)cc3)ccc12. The number of nitriles is 1. The summed E-state index contributed by atoms with van der Waals surface area (Å²) in [5.74, 6) is 0. The van der Waals surface area contributed by atoms with Crippen LogP contribution in [0.2, 0.25) is 0 Å². The standard InChI is InChI=1S/C62H52N4/c1-43-18-32-51(33-19-43)65(60-16-8-12-47-10-4-6-14-55(47)60)53-36-24-45(25-37-53)22-28-49-30-41-58-57(59(49)42-63)40-31-50(62(58)64-3)29-23-46-26-38-54(39-27-46)66(52-34-20-44(2)21-35-52)61-17-9-13-48-11-5-7-15-56(48)61/h8-9,12-13,16-41H,4-7,10-11,14-15H2,1-2H3. The zero-order valence-corrected chi connectivity index (χ0v) is 37.8. The molecule has 0 spiro atoms. The van der Waals surface area contributed by atoms with Crippen LogP contribution >= 0.6 is 0 Å². The molecule has 0 unspecified atom stereocenters. The summed E-state index contributed by atoms with van der Waals surface area (Å²) >= 11 is 0. The van der Waals surface area contributed by atoms with Gasteiger partial charge in [0.2, 0.25) is 5.69 Å². The summed E-state index contributed by atoms with van der Waals surface area (Å²) in [4.78, 5) is 8.79. The van der Waals surface area contributed by atoms with E-state index in [0.717, 1.165) is 81.5 Å². The van der Waals surface area contributed by atoms with Crippen LogP contribution in [0.15, 0.2) is 158 Å². The number of hydrogen-bond donors (Lipinski definition) is 0. The van der Waals surface area contributed by atoms with E-state index >= 15 is 0 Å². The fourth-order valence-electron chi connectivity index (χ4n) is 9.97. The van der Waals surface area contributed by atoms with Crippen LogP contribution in [-0.4, -0.2) is 0 Å². The van der Waals surface area contributed by atoms with E-state index in [9.17, 15) is 5.26 Å². The number of fused-ring (bicyclic) bond motifs is 3. The number of hydrogen-bond acceptors (Lipinski definition) is 3. The fourth-order valence-corrected chi connectivity index (χ4v) is 9.97. The zero-order valence-electron chi connectivity index (χ0n) is 37.8. The van der Waals surface area contributed by atoms with Crippen LogP contribution in [0.4, 0.5) is 39.8 Å². The molecule has 0 heterocycles. The summed E-state index contributed by atoms with van der Waals surface area (Å²) in [5.41, 5.74) is 20.1. The number of rotatable bonds is 10. The Morgan fingerprint density at radius 1 is 0.470 bits per heavy atom. The van der Waals surface area contributed by atoms with Crippen molar-refractivity contribution in [3.63, 3.8) is 0 Å². The van der Waals surface area contributed by atoms with Crippen LogP contribution in [0.3, 0.4) is 0 Å². The summed E-state index contributed by atoms with van der Waals surface area (Å²) in [6.07, 6.45) is 17.5. The molecule has 10 rings (SSSR count). The Morgan fingerprint density at radius 3 is 1.36 bits per heavy atom. The second-order valence-electron chi connectivity index (χ2n) is 17.8. The van der Waals surface area contributed by atoms with Crippen molar-refractivity contribution in [3.8, 4) is 6.07 Å². The van der Waals surface area contributed by atoms with Crippen LogP contribution in [0.1, 0.15) is 86.9 Å². The average molecular weight is 853 g/mol. The highest BCUT2D eigenvalue weighted by Crippen LogP contribution is 2.42. The van der Waals surface area contributed by atoms with E-state index in [2.05, 4.69) is 180 Å². The van der Waals surface area contributed by atoms with Crippen molar-refractivity contribution in [1.29, 1.82) is 5.26 Å². The maximum Gasteiger partial charge on any atom is 0.202 e. The molecule has 0 saturated carbocycles. The van der Waals surface area contributed by atoms with Crippen molar-refractivity contribution in [2.75, 3.05) is 9.80 Å². The number of benzene rings is 8. The van der Waals surface area contributed by atoms with Crippen molar-refractivity contribution < 1.29 is 0 Å². The van der Waals surface area contributed by atoms with Crippen molar-refractivity contribution in [1.82, 2.24) is 0 Å². The fraction of sp³-hybridized carbons (Fsp3) is 0.161. The predicted molar refractivity (Wildman–Crippen MR) is 278 cm³/mol. The van der Waals surface area contributed by atoms with Crippen LogP contribution in [0, 0.1) is 31.8 Å². The molecule has 2 aliphatic rings. The van der Waals surface area contributed by atoms with Gasteiger partial charge in [0.05, 0.1) is 12.1 Å². The predicted octanol–water partition coefficient (Wildman–Crippen LogP) is 16.9. The quantitative estimate of drug-likeness (QED) is 0.102. The van der Waals surface area contributed by atoms with Crippen molar-refractivity contribution >= 4 is 74.9 Å². The lowest BCUT2D eigenvalue weighted by molar-refractivity contribution is 0.686. The normalized spacial score (nSPS) is 13.3. The van der Waals surface area contributed by atoms with Crippen molar-refractivity contribution in [3.05, 3.63) is 230 Å². The van der Waals surface area contributed by atoms with E-state index in [1.165, 1.54) is 70.4 Å². The van der Waals surface area contributed by atoms with Crippen LogP contribution in [-0.2, 0) is 25.7 Å². The molecule has 0 bridgehead atoms. The largest absolute Gasteiger partial charge is 0.310 e. The molecular formula is C62H52N4. The van der Waals surface area contributed by atoms with Crippen LogP contribution in [0.5, 0.6) is 0 Å². The number of anilines is 6. The molecule has 0 aromatic heterocycles. The van der Waals surface area contributed by atoms with Gasteiger partial charge >= 0.3 is 0 Å². The minimum absolute atomic E-state index is 0.542. The minimum Gasteiger partial charge on any atom is -0.310 e. The van der Waals surface area contributed by atoms with Crippen molar-refractivity contribution in [2.24, 2.45) is 0 Å². The highest BCUT2D eigenvalue weighted by atomic mass is 15.1. The van der Waals surface area contributed by atoms with Gasteiger partial charge in [0.25, 0.3) is 0 Å².